The van der Waals surface area contributed by atoms with Crippen molar-refractivity contribution in [2.45, 2.75) is 13.0 Å². The van der Waals surface area contributed by atoms with Crippen molar-refractivity contribution in [1.29, 1.82) is 0 Å². The van der Waals surface area contributed by atoms with Gasteiger partial charge < -0.3 is 15.4 Å². The number of anilines is 1. The highest BCUT2D eigenvalue weighted by molar-refractivity contribution is 5.96. The van der Waals surface area contributed by atoms with Gasteiger partial charge in [-0.25, -0.2) is 9.18 Å². The van der Waals surface area contributed by atoms with Crippen LogP contribution in [0.2, 0.25) is 0 Å². The molecular formula is C12H15FN2O3. The molecule has 5 nitrogen and oxygen atoms in total. The van der Waals surface area contributed by atoms with Crippen LogP contribution in [-0.4, -0.2) is 32.1 Å². The van der Waals surface area contributed by atoms with Crippen LogP contribution in [0.15, 0.2) is 18.2 Å². The minimum absolute atomic E-state index is 0.0509. The lowest BCUT2D eigenvalue weighted by molar-refractivity contribution is -0.117. The van der Waals surface area contributed by atoms with Crippen LogP contribution in [0, 0.1) is 5.82 Å². The van der Waals surface area contributed by atoms with E-state index in [2.05, 4.69) is 15.4 Å². The molecule has 1 amide bonds. The third-order valence-corrected chi connectivity index (χ3v) is 2.47. The monoisotopic (exact) mass is 254 g/mol. The Labute approximate surface area is 104 Å². The van der Waals surface area contributed by atoms with Gasteiger partial charge in [-0.1, -0.05) is 0 Å². The summed E-state index contributed by atoms with van der Waals surface area (Å²) in [4.78, 5) is 22.9. The molecule has 0 aliphatic rings. The van der Waals surface area contributed by atoms with Crippen molar-refractivity contribution in [3.63, 3.8) is 0 Å². The van der Waals surface area contributed by atoms with E-state index in [0.717, 1.165) is 6.07 Å². The van der Waals surface area contributed by atoms with Gasteiger partial charge in [0.1, 0.15) is 5.82 Å². The zero-order valence-corrected chi connectivity index (χ0v) is 10.4. The summed E-state index contributed by atoms with van der Waals surface area (Å²) in [6.07, 6.45) is 0. The average molecular weight is 254 g/mol. The minimum atomic E-state index is -0.612. The molecule has 0 bridgehead atoms. The van der Waals surface area contributed by atoms with E-state index in [4.69, 9.17) is 0 Å². The van der Waals surface area contributed by atoms with Crippen molar-refractivity contribution in [3.8, 4) is 0 Å². The molecule has 1 atom stereocenters. The quantitative estimate of drug-likeness (QED) is 0.791. The summed E-state index contributed by atoms with van der Waals surface area (Å²) in [6, 6.07) is 3.16. The summed E-state index contributed by atoms with van der Waals surface area (Å²) in [6.45, 7) is 1.64. The number of esters is 1. The Morgan fingerprint density at radius 3 is 2.61 bits per heavy atom. The molecule has 6 heteroatoms. The number of hydrogen-bond acceptors (Lipinski definition) is 4. The molecule has 18 heavy (non-hydrogen) atoms. The molecule has 0 fully saturated rings. The van der Waals surface area contributed by atoms with Gasteiger partial charge in [0, 0.05) is 0 Å². The van der Waals surface area contributed by atoms with Gasteiger partial charge in [0.2, 0.25) is 5.91 Å². The number of ether oxygens (including phenoxy) is 1. The van der Waals surface area contributed by atoms with E-state index in [1.165, 1.54) is 19.2 Å². The number of nitrogens with one attached hydrogen (secondary N) is 2. The summed E-state index contributed by atoms with van der Waals surface area (Å²) in [5, 5.41) is 5.12. The van der Waals surface area contributed by atoms with Crippen LogP contribution < -0.4 is 10.6 Å². The number of benzene rings is 1. The lowest BCUT2D eigenvalue weighted by Crippen LogP contribution is -2.35. The summed E-state index contributed by atoms with van der Waals surface area (Å²) in [5.41, 5.74) is 0.122. The minimum Gasteiger partial charge on any atom is -0.465 e. The fraction of sp³-hybridized carbons (Fsp3) is 0.333. The predicted octanol–water partition coefficient (Wildman–Crippen LogP) is 1.16. The van der Waals surface area contributed by atoms with E-state index in [9.17, 15) is 14.0 Å². The van der Waals surface area contributed by atoms with Crippen LogP contribution in [0.25, 0.3) is 0 Å². The highest BCUT2D eigenvalue weighted by Crippen LogP contribution is 2.17. The first kappa shape index (κ1) is 14.1. The molecule has 0 heterocycles. The maximum Gasteiger partial charge on any atom is 0.337 e. The van der Waals surface area contributed by atoms with Gasteiger partial charge in [0.15, 0.2) is 0 Å². The fourth-order valence-electron chi connectivity index (χ4n) is 1.24. The van der Waals surface area contributed by atoms with Crippen LogP contribution in [0.1, 0.15) is 17.3 Å². The van der Waals surface area contributed by atoms with Gasteiger partial charge in [0.25, 0.3) is 0 Å². The number of carbonyl (C=O) groups excluding carboxylic acids is 2. The van der Waals surface area contributed by atoms with Crippen LogP contribution in [-0.2, 0) is 9.53 Å². The zero-order chi connectivity index (χ0) is 13.7. The van der Waals surface area contributed by atoms with E-state index in [0.29, 0.717) is 0 Å². The van der Waals surface area contributed by atoms with E-state index in [-0.39, 0.29) is 11.3 Å². The third kappa shape index (κ3) is 3.27. The average Bonchev–Trinajstić information content (AvgIpc) is 2.39. The lowest BCUT2D eigenvalue weighted by Gasteiger charge is -2.12. The molecule has 1 rings (SSSR count). The SMILES string of the molecule is CNC(C)C(=O)Nc1cc(C(=O)OC)ccc1F. The smallest absolute Gasteiger partial charge is 0.337 e. The van der Waals surface area contributed by atoms with E-state index in [1.807, 2.05) is 0 Å². The number of likely N-dealkylation sites (N-methyl/N-ethyl adjacent to an activating group) is 1. The van der Waals surface area contributed by atoms with Gasteiger partial charge in [-0.3, -0.25) is 4.79 Å². The Hall–Kier alpha value is -1.95. The van der Waals surface area contributed by atoms with Crippen LogP contribution >= 0.6 is 0 Å². The number of amides is 1. The normalized spacial score (nSPS) is 11.8. The van der Waals surface area contributed by atoms with Gasteiger partial charge in [-0.15, -0.1) is 0 Å². The second kappa shape index (κ2) is 6.11. The summed E-state index contributed by atoms with van der Waals surface area (Å²) in [5.74, 6) is -1.59. The van der Waals surface area contributed by atoms with Gasteiger partial charge in [-0.2, -0.15) is 0 Å². The van der Waals surface area contributed by atoms with Crippen LogP contribution in [0.5, 0.6) is 0 Å². The van der Waals surface area contributed by atoms with E-state index < -0.39 is 23.7 Å². The molecule has 0 spiro atoms. The van der Waals surface area contributed by atoms with Crippen molar-refractivity contribution in [3.05, 3.63) is 29.6 Å². The first-order valence-electron chi connectivity index (χ1n) is 5.35. The third-order valence-electron chi connectivity index (χ3n) is 2.47. The van der Waals surface area contributed by atoms with Gasteiger partial charge in [-0.05, 0) is 32.2 Å². The molecule has 0 saturated carbocycles. The van der Waals surface area contributed by atoms with Crippen LogP contribution in [0.3, 0.4) is 0 Å². The Bertz CT molecular complexity index is 463. The molecule has 2 N–H and O–H groups in total. The predicted molar refractivity (Wildman–Crippen MR) is 64.9 cm³/mol. The summed E-state index contributed by atoms with van der Waals surface area (Å²) >= 11 is 0. The Balaban J connectivity index is 2.94. The van der Waals surface area contributed by atoms with Crippen molar-refractivity contribution in [2.24, 2.45) is 0 Å². The number of carbonyl (C=O) groups is 2. The molecule has 1 aromatic rings. The van der Waals surface area contributed by atoms with Gasteiger partial charge >= 0.3 is 5.97 Å². The maximum atomic E-state index is 13.5. The molecule has 1 aromatic carbocycles. The molecule has 1 unspecified atom stereocenters. The number of methoxy groups -OCH3 is 1. The first-order chi connectivity index (χ1) is 8.49. The fourth-order valence-corrected chi connectivity index (χ4v) is 1.24. The summed E-state index contributed by atoms with van der Waals surface area (Å²) in [7, 11) is 2.85. The molecule has 0 radical (unpaired) electrons. The van der Waals surface area contributed by atoms with E-state index in [1.54, 1.807) is 14.0 Å². The van der Waals surface area contributed by atoms with Crippen LogP contribution in [0.4, 0.5) is 10.1 Å². The summed E-state index contributed by atoms with van der Waals surface area (Å²) < 4.78 is 18.0. The molecule has 0 aliphatic heterocycles. The van der Waals surface area contributed by atoms with E-state index >= 15 is 0 Å². The Kier molecular flexibility index (Phi) is 4.79. The largest absolute Gasteiger partial charge is 0.465 e. The zero-order valence-electron chi connectivity index (χ0n) is 10.4. The van der Waals surface area contributed by atoms with Gasteiger partial charge in [0.05, 0.1) is 24.4 Å². The second-order valence-corrected chi connectivity index (χ2v) is 3.69. The molecule has 0 aliphatic carbocycles. The standard InChI is InChI=1S/C12H15FN2O3/c1-7(14-2)11(16)15-10-6-8(12(17)18-3)4-5-9(10)13/h4-7,14H,1-3H3,(H,15,16). The number of halogens is 1. The molecule has 98 valence electrons. The molecule has 0 aromatic heterocycles. The number of rotatable bonds is 4. The first-order valence-corrected chi connectivity index (χ1v) is 5.35. The molecule has 0 saturated heterocycles. The lowest BCUT2D eigenvalue weighted by atomic mass is 10.2. The topological polar surface area (TPSA) is 67.4 Å². The van der Waals surface area contributed by atoms with Crippen molar-refractivity contribution >= 4 is 17.6 Å². The maximum absolute atomic E-state index is 13.5. The van der Waals surface area contributed by atoms with Crippen molar-refractivity contribution in [2.75, 3.05) is 19.5 Å². The Morgan fingerprint density at radius 1 is 1.39 bits per heavy atom. The highest BCUT2D eigenvalue weighted by atomic mass is 19.1. The second-order valence-electron chi connectivity index (χ2n) is 3.69. The number of hydrogen-bond donors (Lipinski definition) is 2. The Morgan fingerprint density at radius 2 is 2.06 bits per heavy atom. The van der Waals surface area contributed by atoms with Crippen molar-refractivity contribution < 1.29 is 18.7 Å². The molecular weight excluding hydrogens is 239 g/mol. The highest BCUT2D eigenvalue weighted by Gasteiger charge is 2.15. The van der Waals surface area contributed by atoms with Crippen molar-refractivity contribution in [1.82, 2.24) is 5.32 Å².